The summed E-state index contributed by atoms with van der Waals surface area (Å²) >= 11 is 0. The third kappa shape index (κ3) is 4.76. The van der Waals surface area contributed by atoms with E-state index < -0.39 is 0 Å². The van der Waals surface area contributed by atoms with Crippen LogP contribution in [0.4, 0.5) is 0 Å². The molecule has 0 N–H and O–H groups in total. The molecule has 0 aliphatic heterocycles. The molecule has 8 aromatic carbocycles. The van der Waals surface area contributed by atoms with Gasteiger partial charge < -0.3 is 4.57 Å². The van der Waals surface area contributed by atoms with E-state index in [0.717, 1.165) is 66.6 Å². The number of para-hydroxylation sites is 5. The van der Waals surface area contributed by atoms with Gasteiger partial charge in [0.2, 0.25) is 5.95 Å². The minimum Gasteiger partial charge on any atom is -0.309 e. The number of hydrogen-bond donors (Lipinski definition) is 0. The zero-order chi connectivity index (χ0) is 37.5. The van der Waals surface area contributed by atoms with E-state index in [1.165, 1.54) is 32.7 Å². The van der Waals surface area contributed by atoms with Crippen LogP contribution in [-0.2, 0) is 0 Å². The molecule has 0 atom stereocenters. The molecule has 0 fully saturated rings. The van der Waals surface area contributed by atoms with E-state index in [0.29, 0.717) is 5.95 Å². The Morgan fingerprint density at radius 2 is 0.807 bits per heavy atom. The minimum atomic E-state index is 0.634. The van der Waals surface area contributed by atoms with Crippen LogP contribution in [0.25, 0.3) is 105 Å². The molecule has 0 spiro atoms. The zero-order valence-corrected chi connectivity index (χ0v) is 30.8. The van der Waals surface area contributed by atoms with Crippen LogP contribution in [0.3, 0.4) is 0 Å². The summed E-state index contributed by atoms with van der Waals surface area (Å²) in [7, 11) is 0. The van der Waals surface area contributed by atoms with Gasteiger partial charge in [-0.2, -0.15) is 4.98 Å². The fourth-order valence-corrected chi connectivity index (χ4v) is 8.98. The van der Waals surface area contributed by atoms with E-state index in [9.17, 15) is 0 Å². The molecule has 12 aromatic rings. The highest BCUT2D eigenvalue weighted by Crippen LogP contribution is 2.41. The Hall–Kier alpha value is -7.76. The van der Waals surface area contributed by atoms with Crippen LogP contribution in [0.1, 0.15) is 0 Å². The summed E-state index contributed by atoms with van der Waals surface area (Å²) in [4.78, 5) is 11.1. The highest BCUT2D eigenvalue weighted by Gasteiger charge is 2.23. The summed E-state index contributed by atoms with van der Waals surface area (Å²) in [6, 6.07) is 71.3. The maximum absolute atomic E-state index is 5.60. The molecule has 0 amide bonds. The van der Waals surface area contributed by atoms with Gasteiger partial charge in [-0.3, -0.25) is 9.13 Å². The Kier molecular flexibility index (Phi) is 6.86. The first-order chi connectivity index (χ1) is 28.3. The summed E-state index contributed by atoms with van der Waals surface area (Å²) in [5, 5.41) is 6.85. The SMILES string of the molecule is c1ccc(-c2cccc(-n3c4ccccc4c4cc(-c5nc(-n6c7ccccc7c7ccccc76)nc6c5c5ccccc5n6-c5ccccc5)ccc43)c2)cc1. The van der Waals surface area contributed by atoms with E-state index in [4.69, 9.17) is 9.97 Å². The molecule has 0 aliphatic rings. The summed E-state index contributed by atoms with van der Waals surface area (Å²) in [6.07, 6.45) is 0. The van der Waals surface area contributed by atoms with E-state index in [1.807, 2.05) is 0 Å². The second-order valence-corrected chi connectivity index (χ2v) is 14.6. The molecule has 266 valence electrons. The summed E-state index contributed by atoms with van der Waals surface area (Å²) in [5.41, 5.74) is 12.9. The Bertz CT molecular complexity index is 3460. The van der Waals surface area contributed by atoms with Crippen molar-refractivity contribution in [2.24, 2.45) is 0 Å². The molecule has 0 saturated carbocycles. The molecule has 5 nitrogen and oxygen atoms in total. The number of nitrogens with zero attached hydrogens (tertiary/aromatic N) is 5. The number of rotatable bonds is 5. The Morgan fingerprint density at radius 3 is 1.49 bits per heavy atom. The third-order valence-corrected chi connectivity index (χ3v) is 11.5. The average Bonchev–Trinajstić information content (AvgIpc) is 3.92. The van der Waals surface area contributed by atoms with Crippen molar-refractivity contribution in [3.63, 3.8) is 0 Å². The fourth-order valence-electron chi connectivity index (χ4n) is 8.98. The van der Waals surface area contributed by atoms with E-state index in [1.54, 1.807) is 0 Å². The topological polar surface area (TPSA) is 40.6 Å². The van der Waals surface area contributed by atoms with Gasteiger partial charge in [0.25, 0.3) is 0 Å². The van der Waals surface area contributed by atoms with Crippen LogP contribution in [0, 0.1) is 0 Å². The van der Waals surface area contributed by atoms with Crippen molar-refractivity contribution in [3.8, 4) is 39.7 Å². The standard InChI is InChI=1S/C52H33N5/c1-3-16-34(17-4-1)35-18-15-21-38(32-35)55-44-26-11-9-24-41(44)43-33-36(30-31-48(43)55)50-49-42-25-10-14-29-47(42)56(37-19-5-2-6-20-37)51(49)54-52(53-50)57-45-27-12-7-22-39(45)40-23-8-13-28-46(40)57/h1-33H. The molecule has 0 bridgehead atoms. The molecule has 12 rings (SSSR count). The average molecular weight is 728 g/mol. The summed E-state index contributed by atoms with van der Waals surface area (Å²) < 4.78 is 6.91. The lowest BCUT2D eigenvalue weighted by Gasteiger charge is -2.13. The molecule has 0 unspecified atom stereocenters. The highest BCUT2D eigenvalue weighted by molar-refractivity contribution is 6.16. The molecular weight excluding hydrogens is 695 g/mol. The largest absolute Gasteiger partial charge is 0.309 e. The Labute approximate surface area is 328 Å². The highest BCUT2D eigenvalue weighted by atomic mass is 15.2. The number of aromatic nitrogens is 5. The van der Waals surface area contributed by atoms with E-state index >= 15 is 0 Å². The van der Waals surface area contributed by atoms with Gasteiger partial charge in [0.05, 0.1) is 38.7 Å². The van der Waals surface area contributed by atoms with Gasteiger partial charge in [-0.05, 0) is 71.8 Å². The molecule has 4 heterocycles. The van der Waals surface area contributed by atoms with Gasteiger partial charge in [0.15, 0.2) is 5.65 Å². The second-order valence-electron chi connectivity index (χ2n) is 14.6. The molecule has 0 aliphatic carbocycles. The smallest absolute Gasteiger partial charge is 0.237 e. The van der Waals surface area contributed by atoms with Crippen LogP contribution >= 0.6 is 0 Å². The maximum atomic E-state index is 5.60. The van der Waals surface area contributed by atoms with Crippen molar-refractivity contribution in [3.05, 3.63) is 200 Å². The number of hydrogen-bond acceptors (Lipinski definition) is 2. The molecule has 57 heavy (non-hydrogen) atoms. The fraction of sp³-hybridized carbons (Fsp3) is 0. The first-order valence-corrected chi connectivity index (χ1v) is 19.3. The lowest BCUT2D eigenvalue weighted by molar-refractivity contribution is 0.994. The van der Waals surface area contributed by atoms with E-state index in [-0.39, 0.29) is 0 Å². The normalized spacial score (nSPS) is 11.9. The predicted octanol–water partition coefficient (Wildman–Crippen LogP) is 13.1. The van der Waals surface area contributed by atoms with Crippen molar-refractivity contribution >= 4 is 65.5 Å². The molecular formula is C52H33N5. The predicted molar refractivity (Wildman–Crippen MR) is 236 cm³/mol. The van der Waals surface area contributed by atoms with Gasteiger partial charge in [0.1, 0.15) is 0 Å². The van der Waals surface area contributed by atoms with Crippen molar-refractivity contribution in [1.82, 2.24) is 23.7 Å². The van der Waals surface area contributed by atoms with Crippen LogP contribution in [0.15, 0.2) is 200 Å². The number of fused-ring (bicyclic) bond motifs is 9. The lowest BCUT2D eigenvalue weighted by Crippen LogP contribution is -2.05. The van der Waals surface area contributed by atoms with Crippen LogP contribution in [0.5, 0.6) is 0 Å². The Morgan fingerprint density at radius 1 is 0.298 bits per heavy atom. The van der Waals surface area contributed by atoms with Crippen molar-refractivity contribution in [1.29, 1.82) is 0 Å². The van der Waals surface area contributed by atoms with Gasteiger partial charge >= 0.3 is 0 Å². The first-order valence-electron chi connectivity index (χ1n) is 19.3. The zero-order valence-electron chi connectivity index (χ0n) is 30.8. The van der Waals surface area contributed by atoms with Crippen molar-refractivity contribution in [2.45, 2.75) is 0 Å². The van der Waals surface area contributed by atoms with Gasteiger partial charge in [-0.15, -0.1) is 0 Å². The number of benzene rings is 8. The van der Waals surface area contributed by atoms with Crippen LogP contribution in [-0.4, -0.2) is 23.7 Å². The monoisotopic (exact) mass is 727 g/mol. The molecule has 5 heteroatoms. The maximum Gasteiger partial charge on any atom is 0.237 e. The van der Waals surface area contributed by atoms with Crippen LogP contribution < -0.4 is 0 Å². The van der Waals surface area contributed by atoms with Gasteiger partial charge in [0, 0.05) is 43.9 Å². The molecule has 4 aromatic heterocycles. The third-order valence-electron chi connectivity index (χ3n) is 11.5. The summed E-state index contributed by atoms with van der Waals surface area (Å²) in [6.45, 7) is 0. The van der Waals surface area contributed by atoms with Crippen molar-refractivity contribution in [2.75, 3.05) is 0 Å². The van der Waals surface area contributed by atoms with Gasteiger partial charge in [-0.1, -0.05) is 140 Å². The lowest BCUT2D eigenvalue weighted by atomic mass is 10.0. The minimum absolute atomic E-state index is 0.634. The van der Waals surface area contributed by atoms with Crippen molar-refractivity contribution < 1.29 is 0 Å². The molecule has 0 radical (unpaired) electrons. The quantitative estimate of drug-likeness (QED) is 0.177. The molecule has 0 saturated heterocycles. The second kappa shape index (κ2) is 12.4. The first kappa shape index (κ1) is 31.6. The Balaban J connectivity index is 1.17. The summed E-state index contributed by atoms with van der Waals surface area (Å²) in [5.74, 6) is 0.634. The van der Waals surface area contributed by atoms with Gasteiger partial charge in [-0.25, -0.2) is 4.98 Å². The van der Waals surface area contributed by atoms with Crippen LogP contribution in [0.2, 0.25) is 0 Å². The van der Waals surface area contributed by atoms with E-state index in [2.05, 4.69) is 214 Å².